The third-order valence-corrected chi connectivity index (χ3v) is 4.91. The molecule has 2 rings (SSSR count). The molecule has 1 N–H and O–H groups in total. The third kappa shape index (κ3) is 6.64. The van der Waals surface area contributed by atoms with Crippen molar-refractivity contribution in [3.63, 3.8) is 0 Å². The maximum absolute atomic E-state index is 12.2. The molecular weight excluding hydrogens is 324 g/mol. The van der Waals surface area contributed by atoms with Gasteiger partial charge in [-0.1, -0.05) is 44.0 Å². The van der Waals surface area contributed by atoms with Crippen molar-refractivity contribution in [2.45, 2.75) is 77.9 Å². The Balaban J connectivity index is 1.88. The maximum atomic E-state index is 12.2. The van der Waals surface area contributed by atoms with Gasteiger partial charge >= 0.3 is 6.09 Å². The minimum Gasteiger partial charge on any atom is -0.444 e. The fraction of sp³-hybridized carbons (Fsp3) is 0.682. The first-order valence-electron chi connectivity index (χ1n) is 10.2. The number of hydrogen-bond donors (Lipinski definition) is 1. The molecule has 146 valence electrons. The van der Waals surface area contributed by atoms with E-state index in [1.807, 2.05) is 25.7 Å². The first-order chi connectivity index (χ1) is 12.4. The number of piperidine rings is 1. The molecule has 1 fully saturated rings. The Bertz CT molecular complexity index is 558. The Morgan fingerprint density at radius 2 is 1.88 bits per heavy atom. The van der Waals surface area contributed by atoms with Crippen molar-refractivity contribution in [2.24, 2.45) is 0 Å². The predicted molar refractivity (Wildman–Crippen MR) is 107 cm³/mol. The lowest BCUT2D eigenvalue weighted by Crippen LogP contribution is -2.41. The van der Waals surface area contributed by atoms with Crippen molar-refractivity contribution in [3.8, 4) is 0 Å². The second kappa shape index (κ2) is 9.96. The van der Waals surface area contributed by atoms with Gasteiger partial charge in [-0.05, 0) is 63.6 Å². The number of hydrogen-bond acceptors (Lipinski definition) is 3. The molecule has 1 aromatic carbocycles. The molecule has 0 bridgehead atoms. The van der Waals surface area contributed by atoms with E-state index in [9.17, 15) is 4.79 Å². The first kappa shape index (κ1) is 20.8. The normalized spacial score (nSPS) is 15.9. The number of carbonyl (C=O) groups excluding carboxylic acids is 1. The molecule has 1 aromatic rings. The van der Waals surface area contributed by atoms with Gasteiger partial charge in [0.25, 0.3) is 0 Å². The summed E-state index contributed by atoms with van der Waals surface area (Å²) in [6.45, 7) is 11.6. The summed E-state index contributed by atoms with van der Waals surface area (Å²) in [6.07, 6.45) is 5.62. The van der Waals surface area contributed by atoms with Crippen LogP contribution in [0.4, 0.5) is 4.79 Å². The van der Waals surface area contributed by atoms with Gasteiger partial charge in [-0.2, -0.15) is 0 Å². The van der Waals surface area contributed by atoms with Gasteiger partial charge in [0, 0.05) is 19.6 Å². The SMILES string of the molecule is CCCCCNCc1ccccc1C1CCN(C(=O)OC(C)(C)C)CC1. The standard InChI is InChI=1S/C22H36N2O2/c1-5-6-9-14-23-17-19-10-7-8-11-20(19)18-12-15-24(16-13-18)21(25)26-22(2,3)4/h7-8,10-11,18,23H,5-6,9,12-17H2,1-4H3. The molecule has 4 nitrogen and oxygen atoms in total. The molecule has 0 aromatic heterocycles. The summed E-state index contributed by atoms with van der Waals surface area (Å²) in [5.41, 5.74) is 2.42. The van der Waals surface area contributed by atoms with Gasteiger partial charge in [0.2, 0.25) is 0 Å². The zero-order chi connectivity index (χ0) is 19.0. The molecule has 4 heteroatoms. The van der Waals surface area contributed by atoms with Gasteiger partial charge in [-0.15, -0.1) is 0 Å². The van der Waals surface area contributed by atoms with E-state index in [0.29, 0.717) is 5.92 Å². The molecule has 1 saturated heterocycles. The fourth-order valence-electron chi connectivity index (χ4n) is 3.52. The number of likely N-dealkylation sites (tertiary alicyclic amines) is 1. The monoisotopic (exact) mass is 360 g/mol. The first-order valence-corrected chi connectivity index (χ1v) is 10.2. The summed E-state index contributed by atoms with van der Waals surface area (Å²) in [5.74, 6) is 0.530. The van der Waals surface area contributed by atoms with E-state index in [0.717, 1.165) is 39.0 Å². The Morgan fingerprint density at radius 3 is 2.54 bits per heavy atom. The number of amides is 1. The topological polar surface area (TPSA) is 41.6 Å². The van der Waals surface area contributed by atoms with E-state index in [1.54, 1.807) is 0 Å². The van der Waals surface area contributed by atoms with E-state index >= 15 is 0 Å². The van der Waals surface area contributed by atoms with Crippen molar-refractivity contribution in [3.05, 3.63) is 35.4 Å². The number of ether oxygens (including phenoxy) is 1. The van der Waals surface area contributed by atoms with E-state index in [4.69, 9.17) is 4.74 Å². The zero-order valence-corrected chi connectivity index (χ0v) is 17.0. The molecule has 0 unspecified atom stereocenters. The number of unbranched alkanes of at least 4 members (excludes halogenated alkanes) is 2. The van der Waals surface area contributed by atoms with Crippen LogP contribution in [-0.4, -0.2) is 36.2 Å². The Labute approximate surface area is 159 Å². The van der Waals surface area contributed by atoms with Crippen molar-refractivity contribution in [1.29, 1.82) is 0 Å². The van der Waals surface area contributed by atoms with Crippen LogP contribution < -0.4 is 5.32 Å². The van der Waals surface area contributed by atoms with Crippen LogP contribution in [-0.2, 0) is 11.3 Å². The van der Waals surface area contributed by atoms with Crippen molar-refractivity contribution < 1.29 is 9.53 Å². The molecule has 1 aliphatic heterocycles. The Morgan fingerprint density at radius 1 is 1.19 bits per heavy atom. The molecule has 0 aliphatic carbocycles. The number of nitrogens with one attached hydrogen (secondary N) is 1. The van der Waals surface area contributed by atoms with E-state index < -0.39 is 5.60 Å². The summed E-state index contributed by atoms with van der Waals surface area (Å²) in [6, 6.07) is 8.76. The number of nitrogens with zero attached hydrogens (tertiary/aromatic N) is 1. The predicted octanol–water partition coefficient (Wildman–Crippen LogP) is 5.08. The molecule has 0 radical (unpaired) electrons. The quantitative estimate of drug-likeness (QED) is 0.689. The van der Waals surface area contributed by atoms with Gasteiger partial charge in [0.15, 0.2) is 0 Å². The zero-order valence-electron chi connectivity index (χ0n) is 17.0. The van der Waals surface area contributed by atoms with Crippen LogP contribution in [0.3, 0.4) is 0 Å². The largest absolute Gasteiger partial charge is 0.444 e. The molecule has 1 heterocycles. The highest BCUT2D eigenvalue weighted by Crippen LogP contribution is 2.31. The summed E-state index contributed by atoms with van der Waals surface area (Å²) < 4.78 is 5.50. The summed E-state index contributed by atoms with van der Waals surface area (Å²) in [5, 5.41) is 3.58. The lowest BCUT2D eigenvalue weighted by atomic mass is 9.86. The van der Waals surface area contributed by atoms with Crippen LogP contribution in [0.1, 0.15) is 76.8 Å². The van der Waals surface area contributed by atoms with Gasteiger partial charge in [0.05, 0.1) is 0 Å². The van der Waals surface area contributed by atoms with Crippen LogP contribution in [0.25, 0.3) is 0 Å². The van der Waals surface area contributed by atoms with E-state index in [-0.39, 0.29) is 6.09 Å². The molecule has 0 spiro atoms. The van der Waals surface area contributed by atoms with Crippen LogP contribution in [0.2, 0.25) is 0 Å². The minimum absolute atomic E-state index is 0.179. The van der Waals surface area contributed by atoms with Crippen LogP contribution in [0.5, 0.6) is 0 Å². The third-order valence-electron chi connectivity index (χ3n) is 4.91. The molecule has 0 atom stereocenters. The second-order valence-corrected chi connectivity index (χ2v) is 8.32. The van der Waals surface area contributed by atoms with Gasteiger partial charge in [-0.25, -0.2) is 4.79 Å². The van der Waals surface area contributed by atoms with Crippen molar-refractivity contribution >= 4 is 6.09 Å². The minimum atomic E-state index is -0.427. The number of benzene rings is 1. The average molecular weight is 361 g/mol. The lowest BCUT2D eigenvalue weighted by Gasteiger charge is -2.34. The molecule has 0 saturated carbocycles. The van der Waals surface area contributed by atoms with Crippen LogP contribution in [0.15, 0.2) is 24.3 Å². The van der Waals surface area contributed by atoms with E-state index in [2.05, 4.69) is 36.5 Å². The smallest absolute Gasteiger partial charge is 0.410 e. The molecule has 1 amide bonds. The molecular formula is C22H36N2O2. The average Bonchev–Trinajstić information content (AvgIpc) is 2.61. The van der Waals surface area contributed by atoms with Crippen molar-refractivity contribution in [2.75, 3.05) is 19.6 Å². The second-order valence-electron chi connectivity index (χ2n) is 8.32. The molecule has 26 heavy (non-hydrogen) atoms. The highest BCUT2D eigenvalue weighted by atomic mass is 16.6. The maximum Gasteiger partial charge on any atom is 0.410 e. The van der Waals surface area contributed by atoms with Gasteiger partial charge < -0.3 is 15.0 Å². The highest BCUT2D eigenvalue weighted by Gasteiger charge is 2.28. The lowest BCUT2D eigenvalue weighted by molar-refractivity contribution is 0.0204. The summed E-state index contributed by atoms with van der Waals surface area (Å²) in [4.78, 5) is 14.1. The van der Waals surface area contributed by atoms with Crippen molar-refractivity contribution in [1.82, 2.24) is 10.2 Å². The highest BCUT2D eigenvalue weighted by molar-refractivity contribution is 5.68. The fourth-order valence-corrected chi connectivity index (χ4v) is 3.52. The molecule has 1 aliphatic rings. The Hall–Kier alpha value is -1.55. The summed E-state index contributed by atoms with van der Waals surface area (Å²) >= 11 is 0. The number of rotatable bonds is 7. The van der Waals surface area contributed by atoms with Crippen LogP contribution >= 0.6 is 0 Å². The van der Waals surface area contributed by atoms with Gasteiger partial charge in [0.1, 0.15) is 5.60 Å². The van der Waals surface area contributed by atoms with E-state index in [1.165, 1.54) is 30.4 Å². The van der Waals surface area contributed by atoms with Crippen LogP contribution in [0, 0.1) is 0 Å². The van der Waals surface area contributed by atoms with Gasteiger partial charge in [-0.3, -0.25) is 0 Å². The number of carbonyl (C=O) groups is 1. The summed E-state index contributed by atoms with van der Waals surface area (Å²) in [7, 11) is 0. The Kier molecular flexibility index (Phi) is 7.95.